The van der Waals surface area contributed by atoms with Crippen LogP contribution in [0.5, 0.6) is 5.75 Å². The van der Waals surface area contributed by atoms with Crippen LogP contribution in [0.3, 0.4) is 0 Å². The number of phenols is 1. The molecule has 1 aromatic carbocycles. The molecular formula is C16H27NO. The first-order valence-electron chi connectivity index (χ1n) is 6.59. The summed E-state index contributed by atoms with van der Waals surface area (Å²) in [7, 11) is 1.91. The minimum absolute atomic E-state index is 0.0327. The van der Waals surface area contributed by atoms with Gasteiger partial charge in [0.15, 0.2) is 0 Å². The van der Waals surface area contributed by atoms with Gasteiger partial charge in [-0.15, -0.1) is 0 Å². The Labute approximate surface area is 111 Å². The SMILES string of the molecule is CNCc1c(O)cc(C(C)(C)C)cc1C(C)(C)C. The molecule has 0 aliphatic carbocycles. The van der Waals surface area contributed by atoms with E-state index in [0.717, 1.165) is 5.56 Å². The number of nitrogens with one attached hydrogen (secondary N) is 1. The van der Waals surface area contributed by atoms with Gasteiger partial charge in [0.25, 0.3) is 0 Å². The molecule has 0 aromatic heterocycles. The van der Waals surface area contributed by atoms with Crippen LogP contribution in [0.25, 0.3) is 0 Å². The lowest BCUT2D eigenvalue weighted by Crippen LogP contribution is -2.20. The van der Waals surface area contributed by atoms with Gasteiger partial charge in [-0.2, -0.15) is 0 Å². The molecule has 0 bridgehead atoms. The number of benzene rings is 1. The molecule has 0 fully saturated rings. The standard InChI is InChI=1S/C16H27NO/c1-15(2,3)11-8-13(16(4,5)6)12(10-17-7)14(18)9-11/h8-9,17-18H,10H2,1-7H3. The number of hydrogen-bond donors (Lipinski definition) is 2. The molecule has 0 aliphatic heterocycles. The van der Waals surface area contributed by atoms with E-state index in [1.807, 2.05) is 13.1 Å². The van der Waals surface area contributed by atoms with Crippen molar-refractivity contribution in [2.45, 2.75) is 58.9 Å². The van der Waals surface area contributed by atoms with Crippen LogP contribution in [0.15, 0.2) is 12.1 Å². The molecule has 0 aliphatic rings. The summed E-state index contributed by atoms with van der Waals surface area (Å²) >= 11 is 0. The van der Waals surface area contributed by atoms with Gasteiger partial charge >= 0.3 is 0 Å². The first-order chi connectivity index (χ1) is 8.07. The molecular weight excluding hydrogens is 222 g/mol. The van der Waals surface area contributed by atoms with Gasteiger partial charge in [0.2, 0.25) is 0 Å². The van der Waals surface area contributed by atoms with E-state index < -0.39 is 0 Å². The van der Waals surface area contributed by atoms with E-state index in [-0.39, 0.29) is 10.8 Å². The van der Waals surface area contributed by atoms with E-state index in [9.17, 15) is 5.11 Å². The fourth-order valence-corrected chi connectivity index (χ4v) is 2.12. The van der Waals surface area contributed by atoms with Crippen LogP contribution < -0.4 is 5.32 Å². The van der Waals surface area contributed by atoms with Gasteiger partial charge < -0.3 is 10.4 Å². The molecule has 0 atom stereocenters. The van der Waals surface area contributed by atoms with Gasteiger partial charge in [0, 0.05) is 12.1 Å². The maximum Gasteiger partial charge on any atom is 0.120 e. The van der Waals surface area contributed by atoms with Crippen molar-refractivity contribution < 1.29 is 5.11 Å². The molecule has 2 nitrogen and oxygen atoms in total. The number of phenolic OH excluding ortho intramolecular Hbond substituents is 1. The molecule has 0 amide bonds. The van der Waals surface area contributed by atoms with Crippen molar-refractivity contribution in [3.05, 3.63) is 28.8 Å². The fourth-order valence-electron chi connectivity index (χ4n) is 2.12. The highest BCUT2D eigenvalue weighted by Crippen LogP contribution is 2.36. The molecule has 1 rings (SSSR count). The quantitative estimate of drug-likeness (QED) is 0.837. The summed E-state index contributed by atoms with van der Waals surface area (Å²) in [5, 5.41) is 13.4. The maximum atomic E-state index is 10.3. The van der Waals surface area contributed by atoms with Gasteiger partial charge in [0.05, 0.1) is 0 Å². The molecule has 2 N–H and O–H groups in total. The van der Waals surface area contributed by atoms with Gasteiger partial charge in [-0.3, -0.25) is 0 Å². The van der Waals surface area contributed by atoms with E-state index in [1.54, 1.807) is 0 Å². The first-order valence-corrected chi connectivity index (χ1v) is 6.59. The average Bonchev–Trinajstić information content (AvgIpc) is 2.17. The van der Waals surface area contributed by atoms with E-state index in [0.29, 0.717) is 12.3 Å². The molecule has 2 heteroatoms. The van der Waals surface area contributed by atoms with Crippen LogP contribution in [0.2, 0.25) is 0 Å². The Morgan fingerprint density at radius 1 is 1.00 bits per heavy atom. The Kier molecular flexibility index (Phi) is 4.12. The van der Waals surface area contributed by atoms with Crippen LogP contribution in [0, 0.1) is 0 Å². The predicted molar refractivity (Wildman–Crippen MR) is 78.3 cm³/mol. The van der Waals surface area contributed by atoms with Crippen molar-refractivity contribution in [3.8, 4) is 5.75 Å². The van der Waals surface area contributed by atoms with Crippen molar-refractivity contribution in [1.29, 1.82) is 0 Å². The second kappa shape index (κ2) is 4.93. The second-order valence-corrected chi connectivity index (χ2v) is 7.05. The summed E-state index contributed by atoms with van der Waals surface area (Å²) in [4.78, 5) is 0. The zero-order valence-corrected chi connectivity index (χ0v) is 12.8. The molecule has 0 unspecified atom stereocenters. The Balaban J connectivity index is 3.47. The lowest BCUT2D eigenvalue weighted by Gasteiger charge is -2.28. The van der Waals surface area contributed by atoms with Gasteiger partial charge in [-0.1, -0.05) is 47.6 Å². The van der Waals surface area contributed by atoms with E-state index >= 15 is 0 Å². The van der Waals surface area contributed by atoms with Gasteiger partial charge in [0.1, 0.15) is 5.75 Å². The van der Waals surface area contributed by atoms with Crippen LogP contribution in [-0.2, 0) is 17.4 Å². The maximum absolute atomic E-state index is 10.3. The highest BCUT2D eigenvalue weighted by molar-refractivity contribution is 5.47. The molecule has 18 heavy (non-hydrogen) atoms. The van der Waals surface area contributed by atoms with Crippen molar-refractivity contribution >= 4 is 0 Å². The van der Waals surface area contributed by atoms with Crippen molar-refractivity contribution in [2.24, 2.45) is 0 Å². The number of aromatic hydroxyl groups is 1. The summed E-state index contributed by atoms with van der Waals surface area (Å²) in [6.45, 7) is 13.8. The number of hydrogen-bond acceptors (Lipinski definition) is 2. The zero-order valence-electron chi connectivity index (χ0n) is 12.8. The molecule has 0 saturated carbocycles. The Bertz CT molecular complexity index is 422. The predicted octanol–water partition coefficient (Wildman–Crippen LogP) is 3.71. The third kappa shape index (κ3) is 3.26. The lowest BCUT2D eigenvalue weighted by atomic mass is 9.78. The van der Waals surface area contributed by atoms with E-state index in [2.05, 4.69) is 52.9 Å². The lowest BCUT2D eigenvalue weighted by molar-refractivity contribution is 0.454. The minimum atomic E-state index is 0.0327. The molecule has 0 saturated heterocycles. The molecule has 0 heterocycles. The smallest absolute Gasteiger partial charge is 0.120 e. The molecule has 1 aromatic rings. The zero-order chi connectivity index (χ0) is 14.1. The van der Waals surface area contributed by atoms with Crippen LogP contribution in [0.4, 0.5) is 0 Å². The molecule has 0 spiro atoms. The molecule has 102 valence electrons. The summed E-state index contributed by atoms with van der Waals surface area (Å²) in [5.41, 5.74) is 3.50. The average molecular weight is 249 g/mol. The summed E-state index contributed by atoms with van der Waals surface area (Å²) in [6.07, 6.45) is 0. The summed E-state index contributed by atoms with van der Waals surface area (Å²) in [5.74, 6) is 0.404. The second-order valence-electron chi connectivity index (χ2n) is 7.05. The van der Waals surface area contributed by atoms with Crippen LogP contribution in [0.1, 0.15) is 58.2 Å². The normalized spacial score (nSPS) is 12.8. The Morgan fingerprint density at radius 2 is 1.56 bits per heavy atom. The van der Waals surface area contributed by atoms with Crippen LogP contribution in [-0.4, -0.2) is 12.2 Å². The summed E-state index contributed by atoms with van der Waals surface area (Å²) < 4.78 is 0. The topological polar surface area (TPSA) is 32.3 Å². The first kappa shape index (κ1) is 15.0. The van der Waals surface area contributed by atoms with Crippen molar-refractivity contribution in [3.63, 3.8) is 0 Å². The Morgan fingerprint density at radius 3 is 1.94 bits per heavy atom. The Hall–Kier alpha value is -1.02. The minimum Gasteiger partial charge on any atom is -0.508 e. The number of rotatable bonds is 2. The highest BCUT2D eigenvalue weighted by atomic mass is 16.3. The van der Waals surface area contributed by atoms with E-state index in [4.69, 9.17) is 0 Å². The summed E-state index contributed by atoms with van der Waals surface area (Å²) in [6, 6.07) is 4.15. The van der Waals surface area contributed by atoms with Gasteiger partial charge in [-0.25, -0.2) is 0 Å². The third-order valence-corrected chi connectivity index (χ3v) is 3.25. The van der Waals surface area contributed by atoms with Gasteiger partial charge in [-0.05, 0) is 35.1 Å². The third-order valence-electron chi connectivity index (χ3n) is 3.25. The monoisotopic (exact) mass is 249 g/mol. The van der Waals surface area contributed by atoms with Crippen molar-refractivity contribution in [1.82, 2.24) is 5.32 Å². The van der Waals surface area contributed by atoms with Crippen LogP contribution >= 0.6 is 0 Å². The highest BCUT2D eigenvalue weighted by Gasteiger charge is 2.24. The van der Waals surface area contributed by atoms with Crippen molar-refractivity contribution in [2.75, 3.05) is 7.05 Å². The fraction of sp³-hybridized carbons (Fsp3) is 0.625. The van der Waals surface area contributed by atoms with E-state index in [1.165, 1.54) is 11.1 Å². The largest absolute Gasteiger partial charge is 0.508 e. The molecule has 0 radical (unpaired) electrons.